The first kappa shape index (κ1) is 11.7. The Morgan fingerprint density at radius 1 is 1.50 bits per heavy atom. The van der Waals surface area contributed by atoms with Crippen LogP contribution in [0.1, 0.15) is 25.7 Å². The maximum Gasteiger partial charge on any atom is 0.327 e. The summed E-state index contributed by atoms with van der Waals surface area (Å²) in [4.78, 5) is 24.3. The maximum atomic E-state index is 11.9. The third-order valence-electron chi connectivity index (χ3n) is 3.34. The number of carboxylic acids is 1. The van der Waals surface area contributed by atoms with Crippen molar-refractivity contribution in [2.75, 3.05) is 11.6 Å². The largest absolute Gasteiger partial charge is 0.480 e. The van der Waals surface area contributed by atoms with E-state index < -0.39 is 12.0 Å². The molecule has 2 aliphatic rings. The van der Waals surface area contributed by atoms with E-state index in [0.717, 1.165) is 19.3 Å². The van der Waals surface area contributed by atoms with Gasteiger partial charge in [0.1, 0.15) is 6.04 Å². The SMILES string of the molecule is NC1(CC(=O)N2CSC[C@H]2C(=O)O)CCC1. The zero-order chi connectivity index (χ0) is 11.8. The predicted molar refractivity (Wildman–Crippen MR) is 61.0 cm³/mol. The molecule has 0 aromatic heterocycles. The molecule has 2 fully saturated rings. The minimum atomic E-state index is -0.918. The lowest BCUT2D eigenvalue weighted by atomic mass is 9.75. The summed E-state index contributed by atoms with van der Waals surface area (Å²) in [5, 5.41) is 8.96. The normalized spacial score (nSPS) is 27.6. The van der Waals surface area contributed by atoms with Gasteiger partial charge in [0.25, 0.3) is 0 Å². The Balaban J connectivity index is 1.95. The fourth-order valence-electron chi connectivity index (χ4n) is 2.10. The van der Waals surface area contributed by atoms with E-state index in [0.29, 0.717) is 11.6 Å². The number of carboxylic acid groups (broad SMARTS) is 1. The lowest BCUT2D eigenvalue weighted by Crippen LogP contribution is -2.52. The van der Waals surface area contributed by atoms with Gasteiger partial charge < -0.3 is 15.7 Å². The number of nitrogens with two attached hydrogens (primary N) is 1. The van der Waals surface area contributed by atoms with Crippen molar-refractivity contribution in [2.24, 2.45) is 5.73 Å². The first-order chi connectivity index (χ1) is 7.52. The van der Waals surface area contributed by atoms with Gasteiger partial charge in [-0.25, -0.2) is 4.79 Å². The van der Waals surface area contributed by atoms with E-state index in [9.17, 15) is 9.59 Å². The summed E-state index contributed by atoms with van der Waals surface area (Å²) in [6, 6.07) is -0.666. The van der Waals surface area contributed by atoms with Gasteiger partial charge in [0.2, 0.25) is 5.91 Å². The van der Waals surface area contributed by atoms with Gasteiger partial charge in [0.15, 0.2) is 0 Å². The van der Waals surface area contributed by atoms with Crippen molar-refractivity contribution in [1.82, 2.24) is 4.90 Å². The molecule has 0 aromatic carbocycles. The lowest BCUT2D eigenvalue weighted by molar-refractivity contribution is -0.148. The van der Waals surface area contributed by atoms with Crippen LogP contribution in [0.25, 0.3) is 0 Å². The molecule has 6 heteroatoms. The molecule has 1 saturated carbocycles. The topological polar surface area (TPSA) is 83.6 Å². The Labute approximate surface area is 98.4 Å². The van der Waals surface area contributed by atoms with Gasteiger partial charge in [0.05, 0.1) is 5.88 Å². The zero-order valence-electron chi connectivity index (χ0n) is 9.02. The van der Waals surface area contributed by atoms with Crippen LogP contribution >= 0.6 is 11.8 Å². The van der Waals surface area contributed by atoms with Crippen LogP contribution in [0.5, 0.6) is 0 Å². The van der Waals surface area contributed by atoms with Crippen LogP contribution in [0, 0.1) is 0 Å². The van der Waals surface area contributed by atoms with Crippen molar-refractivity contribution < 1.29 is 14.7 Å². The Hall–Kier alpha value is -0.750. The van der Waals surface area contributed by atoms with Gasteiger partial charge in [-0.2, -0.15) is 0 Å². The van der Waals surface area contributed by atoms with E-state index in [4.69, 9.17) is 10.8 Å². The molecule has 5 nitrogen and oxygen atoms in total. The number of aliphatic carboxylic acids is 1. The van der Waals surface area contributed by atoms with Gasteiger partial charge in [0, 0.05) is 17.7 Å². The first-order valence-corrected chi connectivity index (χ1v) is 6.56. The number of nitrogens with zero attached hydrogens (tertiary/aromatic N) is 1. The minimum Gasteiger partial charge on any atom is -0.480 e. The van der Waals surface area contributed by atoms with E-state index in [1.54, 1.807) is 0 Å². The molecule has 0 spiro atoms. The molecular weight excluding hydrogens is 228 g/mol. The van der Waals surface area contributed by atoms with Gasteiger partial charge in [-0.3, -0.25) is 4.79 Å². The van der Waals surface area contributed by atoms with Crippen LogP contribution in [-0.4, -0.2) is 45.1 Å². The van der Waals surface area contributed by atoms with Gasteiger partial charge in [-0.1, -0.05) is 0 Å². The summed E-state index contributed by atoms with van der Waals surface area (Å²) in [7, 11) is 0. The van der Waals surface area contributed by atoms with Crippen LogP contribution in [0.4, 0.5) is 0 Å². The third kappa shape index (κ3) is 2.17. The van der Waals surface area contributed by atoms with E-state index in [2.05, 4.69) is 0 Å². The van der Waals surface area contributed by atoms with Crippen molar-refractivity contribution in [1.29, 1.82) is 0 Å². The number of rotatable bonds is 3. The van der Waals surface area contributed by atoms with Crippen LogP contribution in [-0.2, 0) is 9.59 Å². The average Bonchev–Trinajstić information content (AvgIpc) is 2.63. The Bertz CT molecular complexity index is 317. The number of carbonyl (C=O) groups excluding carboxylic acids is 1. The fourth-order valence-corrected chi connectivity index (χ4v) is 3.28. The van der Waals surface area contributed by atoms with Crippen molar-refractivity contribution in [2.45, 2.75) is 37.3 Å². The van der Waals surface area contributed by atoms with Crippen LogP contribution < -0.4 is 5.73 Å². The van der Waals surface area contributed by atoms with E-state index >= 15 is 0 Å². The number of hydrogen-bond donors (Lipinski definition) is 2. The number of thioether (sulfide) groups is 1. The second-order valence-electron chi connectivity index (χ2n) is 4.61. The molecule has 0 radical (unpaired) electrons. The van der Waals surface area contributed by atoms with Gasteiger partial charge in [-0.05, 0) is 19.3 Å². The second kappa shape index (κ2) is 4.25. The Morgan fingerprint density at radius 3 is 2.69 bits per heavy atom. The first-order valence-electron chi connectivity index (χ1n) is 5.41. The van der Waals surface area contributed by atoms with Crippen LogP contribution in [0.2, 0.25) is 0 Å². The molecule has 90 valence electrons. The quantitative estimate of drug-likeness (QED) is 0.743. The maximum absolute atomic E-state index is 11.9. The molecule has 1 atom stereocenters. The van der Waals surface area contributed by atoms with Crippen molar-refractivity contribution in [3.8, 4) is 0 Å². The second-order valence-corrected chi connectivity index (χ2v) is 5.61. The van der Waals surface area contributed by atoms with Crippen molar-refractivity contribution >= 4 is 23.6 Å². The van der Waals surface area contributed by atoms with Gasteiger partial charge >= 0.3 is 5.97 Å². The molecule has 3 N–H and O–H groups in total. The highest BCUT2D eigenvalue weighted by Crippen LogP contribution is 2.33. The zero-order valence-corrected chi connectivity index (χ0v) is 9.83. The summed E-state index contributed by atoms with van der Waals surface area (Å²) in [5.74, 6) is -0.0671. The molecule has 1 amide bonds. The highest BCUT2D eigenvalue weighted by Gasteiger charge is 2.40. The molecule has 0 aromatic rings. The van der Waals surface area contributed by atoms with Crippen LogP contribution in [0.3, 0.4) is 0 Å². The van der Waals surface area contributed by atoms with Crippen LogP contribution in [0.15, 0.2) is 0 Å². The van der Waals surface area contributed by atoms with E-state index in [1.165, 1.54) is 16.7 Å². The highest BCUT2D eigenvalue weighted by atomic mass is 32.2. The van der Waals surface area contributed by atoms with E-state index in [-0.39, 0.29) is 17.9 Å². The number of carbonyl (C=O) groups is 2. The summed E-state index contributed by atoms with van der Waals surface area (Å²) in [6.45, 7) is 0. The molecule has 1 heterocycles. The minimum absolute atomic E-state index is 0.111. The summed E-state index contributed by atoms with van der Waals surface area (Å²) in [5.41, 5.74) is 5.62. The summed E-state index contributed by atoms with van der Waals surface area (Å²) >= 11 is 1.48. The van der Waals surface area contributed by atoms with Crippen molar-refractivity contribution in [3.05, 3.63) is 0 Å². The molecule has 1 aliphatic carbocycles. The third-order valence-corrected chi connectivity index (χ3v) is 4.35. The lowest BCUT2D eigenvalue weighted by Gasteiger charge is -2.38. The molecule has 1 aliphatic heterocycles. The molecule has 0 bridgehead atoms. The van der Waals surface area contributed by atoms with Crippen molar-refractivity contribution in [3.63, 3.8) is 0 Å². The summed E-state index contributed by atoms with van der Waals surface area (Å²) < 4.78 is 0. The predicted octanol–water partition coefficient (Wildman–Crippen LogP) is 0.244. The molecular formula is C10H16N2O3S. The standard InChI is InChI=1S/C10H16N2O3S/c11-10(2-1-3-10)4-8(13)12-6-16-5-7(12)9(14)15/h7H,1-6,11H2,(H,14,15)/t7-/m0/s1. The smallest absolute Gasteiger partial charge is 0.327 e. The van der Waals surface area contributed by atoms with E-state index in [1.807, 2.05) is 0 Å². The Kier molecular flexibility index (Phi) is 3.12. The average molecular weight is 244 g/mol. The number of amides is 1. The molecule has 0 unspecified atom stereocenters. The molecule has 2 rings (SSSR count). The highest BCUT2D eigenvalue weighted by molar-refractivity contribution is 7.99. The number of hydrogen-bond acceptors (Lipinski definition) is 4. The Morgan fingerprint density at radius 2 is 2.19 bits per heavy atom. The molecule has 1 saturated heterocycles. The summed E-state index contributed by atoms with van der Waals surface area (Å²) in [6.07, 6.45) is 3.10. The fraction of sp³-hybridized carbons (Fsp3) is 0.800. The monoisotopic (exact) mass is 244 g/mol. The molecule has 16 heavy (non-hydrogen) atoms. The van der Waals surface area contributed by atoms with Gasteiger partial charge in [-0.15, -0.1) is 11.8 Å².